The van der Waals surface area contributed by atoms with E-state index < -0.39 is 16.7 Å². The van der Waals surface area contributed by atoms with Gasteiger partial charge in [-0.2, -0.15) is 0 Å². The van der Waals surface area contributed by atoms with Crippen molar-refractivity contribution in [2.24, 2.45) is 0 Å². The lowest BCUT2D eigenvalue weighted by atomic mass is 9.95. The molecular formula is C18H21N3O5. The van der Waals surface area contributed by atoms with Crippen LogP contribution >= 0.6 is 0 Å². The van der Waals surface area contributed by atoms with Gasteiger partial charge in [-0.15, -0.1) is 0 Å². The van der Waals surface area contributed by atoms with Crippen LogP contribution in [0.15, 0.2) is 18.2 Å². The lowest BCUT2D eigenvalue weighted by Crippen LogP contribution is -2.37. The van der Waals surface area contributed by atoms with E-state index in [9.17, 15) is 24.5 Å². The van der Waals surface area contributed by atoms with E-state index >= 15 is 0 Å². The van der Waals surface area contributed by atoms with Crippen molar-refractivity contribution in [3.05, 3.63) is 39.4 Å². The zero-order valence-electron chi connectivity index (χ0n) is 14.4. The number of amides is 3. The molecule has 8 nitrogen and oxygen atoms in total. The van der Waals surface area contributed by atoms with Crippen LogP contribution in [0.3, 0.4) is 0 Å². The van der Waals surface area contributed by atoms with Gasteiger partial charge in [0.05, 0.1) is 10.5 Å². The first-order valence-electron chi connectivity index (χ1n) is 8.92. The standard InChI is InChI=1S/C18H21N3O5/c22-15(19-12-6-2-1-3-7-12)10-5-11-20-17(23)13-8-4-9-14(21(25)26)16(13)18(20)24/h4,8-9,12H,1-3,5-7,10-11H2,(H,19,22). The molecule has 1 aromatic carbocycles. The summed E-state index contributed by atoms with van der Waals surface area (Å²) < 4.78 is 0. The second-order valence-corrected chi connectivity index (χ2v) is 6.72. The molecule has 26 heavy (non-hydrogen) atoms. The largest absolute Gasteiger partial charge is 0.353 e. The Kier molecular flexibility index (Phi) is 5.29. The van der Waals surface area contributed by atoms with Crippen molar-refractivity contribution in [1.82, 2.24) is 10.2 Å². The van der Waals surface area contributed by atoms with Gasteiger partial charge in [-0.3, -0.25) is 29.4 Å². The maximum absolute atomic E-state index is 12.4. The first-order chi connectivity index (χ1) is 12.5. The van der Waals surface area contributed by atoms with Gasteiger partial charge in [0, 0.05) is 25.1 Å². The van der Waals surface area contributed by atoms with Crippen LogP contribution in [0.4, 0.5) is 5.69 Å². The second kappa shape index (κ2) is 7.63. The number of nitrogens with zero attached hydrogens (tertiary/aromatic N) is 2. The average molecular weight is 359 g/mol. The summed E-state index contributed by atoms with van der Waals surface area (Å²) >= 11 is 0. The first kappa shape index (κ1) is 18.0. The Morgan fingerprint density at radius 3 is 2.62 bits per heavy atom. The minimum absolute atomic E-state index is 0.0517. The van der Waals surface area contributed by atoms with Crippen molar-refractivity contribution in [1.29, 1.82) is 0 Å². The van der Waals surface area contributed by atoms with Gasteiger partial charge >= 0.3 is 0 Å². The van der Waals surface area contributed by atoms with E-state index in [1.54, 1.807) is 0 Å². The Morgan fingerprint density at radius 2 is 1.92 bits per heavy atom. The van der Waals surface area contributed by atoms with Crippen molar-refractivity contribution < 1.29 is 19.3 Å². The summed E-state index contributed by atoms with van der Waals surface area (Å²) in [4.78, 5) is 48.2. The Hall–Kier alpha value is -2.77. The third kappa shape index (κ3) is 3.58. The maximum atomic E-state index is 12.4. The molecule has 3 rings (SSSR count). The highest BCUT2D eigenvalue weighted by Gasteiger charge is 2.40. The molecule has 0 unspecified atom stereocenters. The summed E-state index contributed by atoms with van der Waals surface area (Å²) in [6, 6.07) is 4.24. The van der Waals surface area contributed by atoms with Crippen LogP contribution in [-0.2, 0) is 4.79 Å². The number of hydrogen-bond donors (Lipinski definition) is 1. The van der Waals surface area contributed by atoms with E-state index in [1.165, 1.54) is 24.6 Å². The smallest absolute Gasteiger partial charge is 0.282 e. The monoisotopic (exact) mass is 359 g/mol. The van der Waals surface area contributed by atoms with Gasteiger partial charge in [0.1, 0.15) is 5.56 Å². The lowest BCUT2D eigenvalue weighted by Gasteiger charge is -2.23. The summed E-state index contributed by atoms with van der Waals surface area (Å²) in [7, 11) is 0. The summed E-state index contributed by atoms with van der Waals surface area (Å²) in [6.45, 7) is 0.0710. The van der Waals surface area contributed by atoms with E-state index in [0.717, 1.165) is 30.6 Å². The van der Waals surface area contributed by atoms with Gasteiger partial charge in [-0.25, -0.2) is 0 Å². The number of carbonyl (C=O) groups is 3. The molecule has 138 valence electrons. The Labute approximate surface area is 150 Å². The molecule has 0 radical (unpaired) electrons. The minimum Gasteiger partial charge on any atom is -0.353 e. The first-order valence-corrected chi connectivity index (χ1v) is 8.92. The van der Waals surface area contributed by atoms with E-state index in [2.05, 4.69) is 5.32 Å². The zero-order valence-corrected chi connectivity index (χ0v) is 14.4. The topological polar surface area (TPSA) is 110 Å². The average Bonchev–Trinajstić information content (AvgIpc) is 2.87. The highest BCUT2D eigenvalue weighted by molar-refractivity contribution is 6.23. The van der Waals surface area contributed by atoms with E-state index in [0.29, 0.717) is 6.42 Å². The Morgan fingerprint density at radius 1 is 1.19 bits per heavy atom. The van der Waals surface area contributed by atoms with Crippen molar-refractivity contribution >= 4 is 23.4 Å². The molecule has 8 heteroatoms. The molecular weight excluding hydrogens is 338 g/mol. The van der Waals surface area contributed by atoms with Crippen LogP contribution in [0.5, 0.6) is 0 Å². The molecule has 1 fully saturated rings. The van der Waals surface area contributed by atoms with Gasteiger partial charge in [0.15, 0.2) is 0 Å². The molecule has 1 aliphatic heterocycles. The molecule has 1 aromatic rings. The molecule has 1 aliphatic carbocycles. The van der Waals surface area contributed by atoms with Crippen molar-refractivity contribution in [2.75, 3.05) is 6.54 Å². The van der Waals surface area contributed by atoms with Gasteiger partial charge in [0.25, 0.3) is 17.5 Å². The number of nitro groups is 1. The van der Waals surface area contributed by atoms with Crippen LogP contribution in [0.1, 0.15) is 65.7 Å². The number of benzene rings is 1. The molecule has 0 saturated heterocycles. The normalized spacial score (nSPS) is 17.3. The fraction of sp³-hybridized carbons (Fsp3) is 0.500. The van der Waals surface area contributed by atoms with Gasteiger partial charge in [-0.05, 0) is 25.3 Å². The van der Waals surface area contributed by atoms with Crippen LogP contribution in [0.25, 0.3) is 0 Å². The van der Waals surface area contributed by atoms with Gasteiger partial charge in [0.2, 0.25) is 5.91 Å². The van der Waals surface area contributed by atoms with Crippen LogP contribution in [0.2, 0.25) is 0 Å². The molecule has 1 saturated carbocycles. The molecule has 0 bridgehead atoms. The highest BCUT2D eigenvalue weighted by atomic mass is 16.6. The number of nitrogens with one attached hydrogen (secondary N) is 1. The molecule has 0 spiro atoms. The van der Waals surface area contributed by atoms with Crippen LogP contribution in [0, 0.1) is 10.1 Å². The van der Waals surface area contributed by atoms with E-state index in [4.69, 9.17) is 0 Å². The number of hydrogen-bond acceptors (Lipinski definition) is 5. The van der Waals surface area contributed by atoms with Crippen LogP contribution < -0.4 is 5.32 Å². The second-order valence-electron chi connectivity index (χ2n) is 6.72. The number of imide groups is 1. The SMILES string of the molecule is O=C(CCCN1C(=O)c2cccc([N+](=O)[O-])c2C1=O)NC1CCCCC1. The quantitative estimate of drug-likeness (QED) is 0.476. The molecule has 1 heterocycles. The highest BCUT2D eigenvalue weighted by Crippen LogP contribution is 2.30. The van der Waals surface area contributed by atoms with Crippen molar-refractivity contribution in [2.45, 2.75) is 51.0 Å². The van der Waals surface area contributed by atoms with Crippen LogP contribution in [-0.4, -0.2) is 40.1 Å². The number of fused-ring (bicyclic) bond motifs is 1. The molecule has 1 N–H and O–H groups in total. The molecule has 0 aromatic heterocycles. The zero-order chi connectivity index (χ0) is 18.7. The third-order valence-corrected chi connectivity index (χ3v) is 4.93. The lowest BCUT2D eigenvalue weighted by molar-refractivity contribution is -0.385. The van der Waals surface area contributed by atoms with Gasteiger partial charge < -0.3 is 5.32 Å². The summed E-state index contributed by atoms with van der Waals surface area (Å²) in [6.07, 6.45) is 5.99. The Balaban J connectivity index is 1.57. The number of nitro benzene ring substituents is 1. The molecule has 2 aliphatic rings. The Bertz CT molecular complexity index is 755. The van der Waals surface area contributed by atoms with Gasteiger partial charge in [-0.1, -0.05) is 25.3 Å². The third-order valence-electron chi connectivity index (χ3n) is 4.93. The van der Waals surface area contributed by atoms with Crippen molar-refractivity contribution in [3.8, 4) is 0 Å². The fourth-order valence-electron chi connectivity index (χ4n) is 3.62. The minimum atomic E-state index is -0.662. The van der Waals surface area contributed by atoms with E-state index in [1.807, 2.05) is 0 Å². The maximum Gasteiger partial charge on any atom is 0.282 e. The molecule has 3 amide bonds. The summed E-state index contributed by atoms with van der Waals surface area (Å²) in [5.41, 5.74) is -0.469. The van der Waals surface area contributed by atoms with E-state index in [-0.39, 0.29) is 41.7 Å². The summed E-state index contributed by atoms with van der Waals surface area (Å²) in [5, 5.41) is 14.1. The predicted octanol–water partition coefficient (Wildman–Crippen LogP) is 2.42. The number of carbonyl (C=O) groups excluding carboxylic acids is 3. The predicted molar refractivity (Wildman–Crippen MR) is 92.7 cm³/mol. The number of rotatable bonds is 6. The fourth-order valence-corrected chi connectivity index (χ4v) is 3.62. The molecule has 0 atom stereocenters. The summed E-state index contributed by atoms with van der Waals surface area (Å²) in [5.74, 6) is -1.29. The van der Waals surface area contributed by atoms with Crippen molar-refractivity contribution in [3.63, 3.8) is 0 Å².